The van der Waals surface area contributed by atoms with Crippen molar-refractivity contribution in [3.8, 4) is 0 Å². The van der Waals surface area contributed by atoms with Crippen LogP contribution in [0.15, 0.2) is 60.7 Å². The van der Waals surface area contributed by atoms with Crippen molar-refractivity contribution in [2.45, 2.75) is 6.42 Å². The van der Waals surface area contributed by atoms with Crippen molar-refractivity contribution >= 4 is 30.9 Å². The quantitative estimate of drug-likeness (QED) is 0.462. The number of rotatable bonds is 6. The van der Waals surface area contributed by atoms with Gasteiger partial charge in [0.25, 0.3) is 0 Å². The van der Waals surface area contributed by atoms with Crippen LogP contribution >= 0.6 is 20.3 Å². The van der Waals surface area contributed by atoms with Gasteiger partial charge in [0.2, 0.25) is 0 Å². The predicted molar refractivity (Wildman–Crippen MR) is 83.8 cm³/mol. The first-order valence-corrected chi connectivity index (χ1v) is 8.51. The molecule has 0 saturated carbocycles. The minimum atomic E-state index is -0.210. The summed E-state index contributed by atoms with van der Waals surface area (Å²) in [6.45, 7) is 1.06. The molecule has 2 aromatic carbocycles. The van der Waals surface area contributed by atoms with Crippen LogP contribution in [0, 0.1) is 0 Å². The normalized spacial score (nSPS) is 10.2. The summed E-state index contributed by atoms with van der Waals surface area (Å²) in [4.78, 5) is 0. The molecule has 0 unspecified atom stereocenters. The Morgan fingerprint density at radius 1 is 0.842 bits per heavy atom. The molecule has 0 atom stereocenters. The van der Waals surface area contributed by atoms with Crippen LogP contribution in [-0.4, -0.2) is 12.7 Å². The van der Waals surface area contributed by atoms with Crippen LogP contribution in [0.3, 0.4) is 0 Å². The molecule has 4 heteroatoms. The van der Waals surface area contributed by atoms with Gasteiger partial charge in [-0.15, -0.1) is 12.4 Å². The molecule has 0 aliphatic carbocycles. The van der Waals surface area contributed by atoms with Crippen LogP contribution in [0.25, 0.3) is 0 Å². The summed E-state index contributed by atoms with van der Waals surface area (Å²) in [5.41, 5.74) is 0. The molecule has 0 radical (unpaired) electrons. The van der Waals surface area contributed by atoms with Crippen LogP contribution in [0.4, 0.5) is 0 Å². The molecule has 103 valence electrons. The Hall–Kier alpha value is -0.257. The van der Waals surface area contributed by atoms with Gasteiger partial charge in [-0.3, -0.25) is 0 Å². The Kier molecular flexibility index (Phi) is 8.50. The van der Waals surface area contributed by atoms with Crippen LogP contribution < -0.4 is 14.7 Å². The average Bonchev–Trinajstić information content (AvgIpc) is 2.46. The number of nitrogens with one attached hydrogen (secondary N) is 1. The Morgan fingerprint density at radius 3 is 1.74 bits per heavy atom. The molecule has 0 fully saturated rings. The fourth-order valence-corrected chi connectivity index (χ4v) is 4.58. The van der Waals surface area contributed by atoms with E-state index in [1.54, 1.807) is 0 Å². The van der Waals surface area contributed by atoms with Gasteiger partial charge in [-0.2, -0.15) is 0 Å². The fraction of sp³-hybridized carbons (Fsp3) is 0.200. The van der Waals surface area contributed by atoms with Gasteiger partial charge in [-0.05, 0) is 0 Å². The molecular formula is C15H18ClNPRu. The first-order chi connectivity index (χ1) is 8.92. The van der Waals surface area contributed by atoms with E-state index in [0.717, 1.165) is 6.54 Å². The number of hydrogen-bond acceptors (Lipinski definition) is 1. The molecule has 1 nitrogen and oxygen atoms in total. The van der Waals surface area contributed by atoms with Gasteiger partial charge in [0.15, 0.2) is 0 Å². The van der Waals surface area contributed by atoms with Crippen LogP contribution in [0.1, 0.15) is 6.42 Å². The average molecular weight is 380 g/mol. The first-order valence-electron chi connectivity index (χ1n) is 6.12. The van der Waals surface area contributed by atoms with Crippen LogP contribution in [0.5, 0.6) is 0 Å². The Balaban J connectivity index is 0.00000180. The summed E-state index contributed by atoms with van der Waals surface area (Å²) in [5, 5.41) is 2.95. The van der Waals surface area contributed by atoms with Crippen molar-refractivity contribution in [1.29, 1.82) is 0 Å². The van der Waals surface area contributed by atoms with E-state index in [-0.39, 0.29) is 20.3 Å². The summed E-state index contributed by atoms with van der Waals surface area (Å²) in [6.07, 6.45) is 2.45. The molecule has 0 spiro atoms. The van der Waals surface area contributed by atoms with Gasteiger partial charge in [0, 0.05) is 0 Å². The Bertz CT molecular complexity index is 413. The maximum absolute atomic E-state index is 3.17. The molecule has 0 bridgehead atoms. The van der Waals surface area contributed by atoms with E-state index in [1.807, 2.05) is 0 Å². The Morgan fingerprint density at radius 2 is 1.32 bits per heavy atom. The van der Waals surface area contributed by atoms with Crippen molar-refractivity contribution in [3.63, 3.8) is 0 Å². The summed E-state index contributed by atoms with van der Waals surface area (Å²) >= 11 is 2.49. The predicted octanol–water partition coefficient (Wildman–Crippen LogP) is 2.98. The SMILES string of the molecule is Cl.[Ru][NH]CCCP(c1ccccc1)c1ccccc1. The van der Waals surface area contributed by atoms with Crippen LogP contribution in [-0.2, 0) is 18.5 Å². The topological polar surface area (TPSA) is 12.0 Å². The number of hydrogen-bond donors (Lipinski definition) is 1. The Labute approximate surface area is 133 Å². The van der Waals surface area contributed by atoms with E-state index in [9.17, 15) is 0 Å². The third kappa shape index (κ3) is 5.32. The molecule has 0 aliphatic heterocycles. The van der Waals surface area contributed by atoms with Gasteiger partial charge < -0.3 is 0 Å². The van der Waals surface area contributed by atoms with Crippen molar-refractivity contribution in [2.75, 3.05) is 12.7 Å². The third-order valence-corrected chi connectivity index (χ3v) is 5.82. The fourth-order valence-electron chi connectivity index (χ4n) is 1.92. The van der Waals surface area contributed by atoms with Crippen molar-refractivity contribution < 1.29 is 18.5 Å². The van der Waals surface area contributed by atoms with Crippen molar-refractivity contribution in [3.05, 3.63) is 60.7 Å². The van der Waals surface area contributed by atoms with Gasteiger partial charge in [-0.1, -0.05) is 0 Å². The molecule has 19 heavy (non-hydrogen) atoms. The van der Waals surface area contributed by atoms with E-state index in [0.29, 0.717) is 0 Å². The molecule has 2 aromatic rings. The summed E-state index contributed by atoms with van der Waals surface area (Å²) in [5.74, 6) is 0. The van der Waals surface area contributed by atoms with Gasteiger partial charge in [0.1, 0.15) is 0 Å². The summed E-state index contributed by atoms with van der Waals surface area (Å²) in [6, 6.07) is 21.8. The monoisotopic (exact) mass is 380 g/mol. The van der Waals surface area contributed by atoms with Crippen molar-refractivity contribution in [1.82, 2.24) is 4.06 Å². The molecule has 0 aromatic heterocycles. The summed E-state index contributed by atoms with van der Waals surface area (Å²) < 4.78 is 3.17. The van der Waals surface area contributed by atoms with E-state index in [2.05, 4.69) is 83.3 Å². The van der Waals surface area contributed by atoms with E-state index >= 15 is 0 Å². The molecule has 2 rings (SSSR count). The molecule has 0 aliphatic rings. The zero-order chi connectivity index (χ0) is 12.6. The zero-order valence-electron chi connectivity index (χ0n) is 10.6. The standard InChI is InChI=1S/C15H17NP.ClH.Ru/c16-12-7-13-17(14-8-3-1-4-9-14)15-10-5-2-6-11-15;;/h1-6,8-11,16H,7,12-13H2;1H;/q-1;;+1. The summed E-state index contributed by atoms with van der Waals surface area (Å²) in [7, 11) is -0.210. The van der Waals surface area contributed by atoms with Crippen molar-refractivity contribution in [2.24, 2.45) is 0 Å². The second-order valence-corrected chi connectivity index (χ2v) is 7.00. The van der Waals surface area contributed by atoms with Gasteiger partial charge in [-0.25, -0.2) is 0 Å². The maximum atomic E-state index is 3.17. The third-order valence-electron chi connectivity index (χ3n) is 2.78. The molecular weight excluding hydrogens is 362 g/mol. The van der Waals surface area contributed by atoms with E-state index in [4.69, 9.17) is 0 Å². The molecule has 0 saturated heterocycles. The zero-order valence-corrected chi connectivity index (χ0v) is 14.1. The van der Waals surface area contributed by atoms with E-state index < -0.39 is 0 Å². The minimum absolute atomic E-state index is 0. The molecule has 0 amide bonds. The second-order valence-electron chi connectivity index (χ2n) is 4.05. The van der Waals surface area contributed by atoms with E-state index in [1.165, 1.54) is 23.2 Å². The first kappa shape index (κ1) is 16.8. The van der Waals surface area contributed by atoms with Crippen LogP contribution in [0.2, 0.25) is 0 Å². The van der Waals surface area contributed by atoms with Gasteiger partial charge in [0.05, 0.1) is 0 Å². The molecule has 0 heterocycles. The molecule has 1 N–H and O–H groups in total. The second kappa shape index (κ2) is 9.62. The van der Waals surface area contributed by atoms with Gasteiger partial charge >= 0.3 is 121 Å². The number of benzene rings is 2. The number of halogens is 1.